The molecule has 0 aliphatic heterocycles. The van der Waals surface area contributed by atoms with Crippen LogP contribution in [0.2, 0.25) is 0 Å². The molecule has 3 rings (SSSR count). The Labute approximate surface area is 114 Å². The standard InChI is InChI=1S/C14H13FN4O/c1-9-7-12-14(20)18(5-6-19(12)17-9)8-10-3-2-4-11(16)13(10)15/h2-7H,8,16H2,1H3. The fourth-order valence-electron chi connectivity index (χ4n) is 2.18. The SMILES string of the molecule is Cc1cc2c(=O)n(Cc3cccc(N)c3F)ccn2n1. The Hall–Kier alpha value is -2.63. The predicted molar refractivity (Wildman–Crippen MR) is 74.1 cm³/mol. The van der Waals surface area contributed by atoms with Crippen molar-refractivity contribution in [1.82, 2.24) is 14.2 Å². The van der Waals surface area contributed by atoms with Crippen molar-refractivity contribution in [2.45, 2.75) is 13.5 Å². The molecule has 102 valence electrons. The molecular formula is C14H13FN4O. The lowest BCUT2D eigenvalue weighted by Gasteiger charge is -2.08. The van der Waals surface area contributed by atoms with Crippen LogP contribution in [0.5, 0.6) is 0 Å². The molecule has 2 aromatic heterocycles. The van der Waals surface area contributed by atoms with Crippen LogP contribution in [-0.2, 0) is 6.54 Å². The van der Waals surface area contributed by atoms with E-state index in [2.05, 4.69) is 5.10 Å². The summed E-state index contributed by atoms with van der Waals surface area (Å²) in [7, 11) is 0. The van der Waals surface area contributed by atoms with E-state index in [1.54, 1.807) is 30.6 Å². The Kier molecular flexibility index (Phi) is 2.78. The normalized spacial score (nSPS) is 11.1. The van der Waals surface area contributed by atoms with Gasteiger partial charge < -0.3 is 10.3 Å². The summed E-state index contributed by atoms with van der Waals surface area (Å²) < 4.78 is 16.8. The van der Waals surface area contributed by atoms with Gasteiger partial charge in [-0.3, -0.25) is 4.79 Å². The largest absolute Gasteiger partial charge is 0.396 e. The number of halogens is 1. The number of nitrogens with two attached hydrogens (primary N) is 1. The van der Waals surface area contributed by atoms with E-state index in [1.807, 2.05) is 6.92 Å². The highest BCUT2D eigenvalue weighted by Gasteiger charge is 2.09. The molecule has 0 aliphatic rings. The first-order valence-corrected chi connectivity index (χ1v) is 6.14. The first-order chi connectivity index (χ1) is 9.56. The van der Waals surface area contributed by atoms with Crippen molar-refractivity contribution in [3.05, 3.63) is 64.1 Å². The Morgan fingerprint density at radius 3 is 2.95 bits per heavy atom. The van der Waals surface area contributed by atoms with E-state index in [9.17, 15) is 9.18 Å². The van der Waals surface area contributed by atoms with E-state index in [0.29, 0.717) is 11.1 Å². The second kappa shape index (κ2) is 4.48. The average Bonchev–Trinajstić information content (AvgIpc) is 2.80. The summed E-state index contributed by atoms with van der Waals surface area (Å²) in [5.74, 6) is -0.482. The van der Waals surface area contributed by atoms with Gasteiger partial charge in [0.15, 0.2) is 5.82 Å². The van der Waals surface area contributed by atoms with Crippen LogP contribution in [0.25, 0.3) is 5.52 Å². The van der Waals surface area contributed by atoms with Gasteiger partial charge >= 0.3 is 0 Å². The quantitative estimate of drug-likeness (QED) is 0.720. The predicted octanol–water partition coefficient (Wildman–Crippen LogP) is 1.57. The summed E-state index contributed by atoms with van der Waals surface area (Å²) in [6, 6.07) is 6.48. The number of anilines is 1. The van der Waals surface area contributed by atoms with Crippen molar-refractivity contribution in [2.24, 2.45) is 0 Å². The zero-order chi connectivity index (χ0) is 14.3. The van der Waals surface area contributed by atoms with Crippen LogP contribution in [0.3, 0.4) is 0 Å². The van der Waals surface area contributed by atoms with Crippen molar-refractivity contribution in [1.29, 1.82) is 0 Å². The van der Waals surface area contributed by atoms with Crippen molar-refractivity contribution in [2.75, 3.05) is 5.73 Å². The molecule has 0 aliphatic carbocycles. The van der Waals surface area contributed by atoms with E-state index in [-0.39, 0.29) is 17.8 Å². The molecule has 6 heteroatoms. The van der Waals surface area contributed by atoms with Crippen LogP contribution in [-0.4, -0.2) is 14.2 Å². The minimum absolute atomic E-state index is 0.0804. The van der Waals surface area contributed by atoms with Gasteiger partial charge in [-0.1, -0.05) is 12.1 Å². The first kappa shape index (κ1) is 12.4. The highest BCUT2D eigenvalue weighted by atomic mass is 19.1. The molecule has 1 aromatic carbocycles. The summed E-state index contributed by atoms with van der Waals surface area (Å²) >= 11 is 0. The second-order valence-electron chi connectivity index (χ2n) is 4.67. The molecule has 0 saturated heterocycles. The molecule has 0 fully saturated rings. The highest BCUT2D eigenvalue weighted by molar-refractivity contribution is 5.46. The number of rotatable bonds is 2. The molecule has 3 aromatic rings. The number of hydrogen-bond donors (Lipinski definition) is 1. The van der Waals surface area contributed by atoms with Crippen LogP contribution in [0.15, 0.2) is 41.5 Å². The fourth-order valence-corrected chi connectivity index (χ4v) is 2.18. The second-order valence-corrected chi connectivity index (χ2v) is 4.67. The maximum atomic E-state index is 13.9. The summed E-state index contributed by atoms with van der Waals surface area (Å²) in [6.45, 7) is 1.95. The number of benzene rings is 1. The fraction of sp³-hybridized carbons (Fsp3) is 0.143. The lowest BCUT2D eigenvalue weighted by atomic mass is 10.2. The molecule has 0 spiro atoms. The van der Waals surface area contributed by atoms with Gasteiger partial charge in [0.25, 0.3) is 5.56 Å². The number of hydrogen-bond acceptors (Lipinski definition) is 3. The van der Waals surface area contributed by atoms with E-state index in [0.717, 1.165) is 5.69 Å². The summed E-state index contributed by atoms with van der Waals surface area (Å²) in [6.07, 6.45) is 3.26. The van der Waals surface area contributed by atoms with Crippen LogP contribution in [0, 0.1) is 12.7 Å². The van der Waals surface area contributed by atoms with Crippen molar-refractivity contribution >= 4 is 11.2 Å². The average molecular weight is 272 g/mol. The summed E-state index contributed by atoms with van der Waals surface area (Å²) in [4.78, 5) is 12.3. The zero-order valence-electron chi connectivity index (χ0n) is 10.9. The number of nitrogen functional groups attached to an aromatic ring is 1. The first-order valence-electron chi connectivity index (χ1n) is 6.14. The van der Waals surface area contributed by atoms with E-state index < -0.39 is 5.82 Å². The Morgan fingerprint density at radius 2 is 2.15 bits per heavy atom. The smallest absolute Gasteiger partial charge is 0.276 e. The summed E-state index contributed by atoms with van der Waals surface area (Å²) in [5.41, 5.74) is 7.01. The zero-order valence-corrected chi connectivity index (χ0v) is 10.9. The van der Waals surface area contributed by atoms with Gasteiger partial charge in [0, 0.05) is 18.0 Å². The molecule has 0 saturated carbocycles. The van der Waals surface area contributed by atoms with Crippen molar-refractivity contribution in [3.63, 3.8) is 0 Å². The Bertz CT molecular complexity index is 850. The van der Waals surface area contributed by atoms with Gasteiger partial charge in [-0.05, 0) is 19.1 Å². The van der Waals surface area contributed by atoms with Crippen LogP contribution in [0.1, 0.15) is 11.3 Å². The van der Waals surface area contributed by atoms with E-state index in [1.165, 1.54) is 15.1 Å². The van der Waals surface area contributed by atoms with Gasteiger partial charge in [-0.25, -0.2) is 8.91 Å². The maximum absolute atomic E-state index is 13.9. The molecule has 0 unspecified atom stereocenters. The van der Waals surface area contributed by atoms with Gasteiger partial charge in [0.1, 0.15) is 5.52 Å². The van der Waals surface area contributed by atoms with Gasteiger partial charge in [-0.2, -0.15) is 5.10 Å². The summed E-state index contributed by atoms with van der Waals surface area (Å²) in [5, 5.41) is 4.16. The lowest BCUT2D eigenvalue weighted by Crippen LogP contribution is -2.22. The number of aromatic nitrogens is 3. The number of nitrogens with zero attached hydrogens (tertiary/aromatic N) is 3. The monoisotopic (exact) mass is 272 g/mol. The third-order valence-corrected chi connectivity index (χ3v) is 3.17. The van der Waals surface area contributed by atoms with Crippen molar-refractivity contribution < 1.29 is 4.39 Å². The molecule has 0 bridgehead atoms. The van der Waals surface area contributed by atoms with Gasteiger partial charge in [0.2, 0.25) is 0 Å². The Balaban J connectivity index is 2.09. The van der Waals surface area contributed by atoms with E-state index >= 15 is 0 Å². The number of fused-ring (bicyclic) bond motifs is 1. The molecule has 0 amide bonds. The van der Waals surface area contributed by atoms with Crippen LogP contribution in [0.4, 0.5) is 10.1 Å². The van der Waals surface area contributed by atoms with E-state index in [4.69, 9.17) is 5.73 Å². The van der Waals surface area contributed by atoms with Crippen LogP contribution >= 0.6 is 0 Å². The van der Waals surface area contributed by atoms with Crippen molar-refractivity contribution in [3.8, 4) is 0 Å². The topological polar surface area (TPSA) is 65.3 Å². The highest BCUT2D eigenvalue weighted by Crippen LogP contribution is 2.15. The Morgan fingerprint density at radius 1 is 1.35 bits per heavy atom. The molecule has 20 heavy (non-hydrogen) atoms. The number of aryl methyl sites for hydroxylation is 1. The third kappa shape index (κ3) is 1.95. The molecule has 2 heterocycles. The molecule has 2 N–H and O–H groups in total. The minimum Gasteiger partial charge on any atom is -0.396 e. The third-order valence-electron chi connectivity index (χ3n) is 3.17. The van der Waals surface area contributed by atoms with Crippen LogP contribution < -0.4 is 11.3 Å². The molecule has 0 atom stereocenters. The molecule has 0 radical (unpaired) electrons. The lowest BCUT2D eigenvalue weighted by molar-refractivity contribution is 0.600. The molecule has 5 nitrogen and oxygen atoms in total. The van der Waals surface area contributed by atoms with Gasteiger partial charge in [0.05, 0.1) is 17.9 Å². The van der Waals surface area contributed by atoms with Gasteiger partial charge in [-0.15, -0.1) is 0 Å². The minimum atomic E-state index is -0.482. The maximum Gasteiger partial charge on any atom is 0.276 e. The molecular weight excluding hydrogens is 259 g/mol.